The lowest BCUT2D eigenvalue weighted by molar-refractivity contribution is 0.0698. The summed E-state index contributed by atoms with van der Waals surface area (Å²) < 4.78 is 32.1. The third-order valence-corrected chi connectivity index (χ3v) is 6.62. The number of rotatable bonds is 5. The fourth-order valence-electron chi connectivity index (χ4n) is 3.26. The lowest BCUT2D eigenvalue weighted by Gasteiger charge is -2.25. The zero-order valence-corrected chi connectivity index (χ0v) is 16.1. The molecule has 9 heteroatoms. The van der Waals surface area contributed by atoms with Crippen LogP contribution in [-0.4, -0.2) is 49.6 Å². The van der Waals surface area contributed by atoms with Gasteiger partial charge < -0.3 is 20.5 Å². The van der Waals surface area contributed by atoms with Crippen LogP contribution in [0.5, 0.6) is 0 Å². The number of nitrogens with zero attached hydrogens (tertiary/aromatic N) is 1. The highest BCUT2D eigenvalue weighted by Crippen LogP contribution is 2.35. The number of anilines is 2. The summed E-state index contributed by atoms with van der Waals surface area (Å²) in [4.78, 5) is 15.9. The summed E-state index contributed by atoms with van der Waals surface area (Å²) in [6.07, 6.45) is 1.29. The molecule has 4 rings (SSSR count). The fourth-order valence-corrected chi connectivity index (χ4v) is 4.80. The Morgan fingerprint density at radius 1 is 1.17 bits per heavy atom. The van der Waals surface area contributed by atoms with Crippen LogP contribution >= 0.6 is 0 Å². The Balaban J connectivity index is 1.90. The van der Waals surface area contributed by atoms with Crippen LogP contribution in [0.3, 0.4) is 0 Å². The van der Waals surface area contributed by atoms with E-state index in [9.17, 15) is 18.3 Å². The smallest absolute Gasteiger partial charge is 0.337 e. The number of aromatic carboxylic acids is 1. The molecule has 1 saturated heterocycles. The highest BCUT2D eigenvalue weighted by atomic mass is 32.2. The number of carboxylic acids is 1. The van der Waals surface area contributed by atoms with Gasteiger partial charge in [0.15, 0.2) is 5.44 Å². The minimum atomic E-state index is -3.89. The number of hydrogen-bond acceptors (Lipinski definition) is 7. The maximum Gasteiger partial charge on any atom is 0.337 e. The zero-order valence-electron chi connectivity index (χ0n) is 15.3. The molecule has 0 radical (unpaired) electrons. The number of sulfone groups is 1. The molecule has 1 unspecified atom stereocenters. The van der Waals surface area contributed by atoms with E-state index in [4.69, 9.17) is 4.74 Å². The molecule has 1 aliphatic heterocycles. The van der Waals surface area contributed by atoms with Crippen molar-refractivity contribution in [2.75, 3.05) is 25.0 Å². The highest BCUT2D eigenvalue weighted by Gasteiger charge is 2.33. The standard InChI is InChI=1S/C20H19N3O5S/c24-20(25)14-6-2-4-8-16(14)23-19-13-5-1-3-7-15(13)22-11-17(19)29(26,27)18-12-21-9-10-28-18/h1-8,11,18,21H,9-10,12H2,(H,22,23)(H,24,25). The van der Waals surface area contributed by atoms with Crippen LogP contribution in [0.25, 0.3) is 10.9 Å². The van der Waals surface area contributed by atoms with Crippen LogP contribution in [0.15, 0.2) is 59.6 Å². The Labute approximate surface area is 167 Å². The van der Waals surface area contributed by atoms with Gasteiger partial charge in [0.05, 0.1) is 29.1 Å². The molecule has 1 aliphatic rings. The van der Waals surface area contributed by atoms with Crippen molar-refractivity contribution >= 4 is 38.1 Å². The Hall–Kier alpha value is -3.01. The van der Waals surface area contributed by atoms with Crippen molar-refractivity contribution in [3.05, 3.63) is 60.3 Å². The third-order valence-electron chi connectivity index (χ3n) is 4.70. The number of hydrogen-bond donors (Lipinski definition) is 3. The van der Waals surface area contributed by atoms with Gasteiger partial charge in [0, 0.05) is 24.7 Å². The summed E-state index contributed by atoms with van der Waals surface area (Å²) in [6.45, 7) is 1.04. The molecule has 2 aromatic carbocycles. The number of benzene rings is 2. The first-order chi connectivity index (χ1) is 14.0. The summed E-state index contributed by atoms with van der Waals surface area (Å²) in [5, 5.41) is 16.1. The molecule has 150 valence electrons. The van der Waals surface area contributed by atoms with E-state index in [0.29, 0.717) is 17.4 Å². The van der Waals surface area contributed by atoms with E-state index in [1.54, 1.807) is 42.5 Å². The minimum Gasteiger partial charge on any atom is -0.478 e. The van der Waals surface area contributed by atoms with E-state index in [1.165, 1.54) is 12.3 Å². The topological polar surface area (TPSA) is 118 Å². The maximum absolute atomic E-state index is 13.3. The average molecular weight is 413 g/mol. The van der Waals surface area contributed by atoms with E-state index in [0.717, 1.165) is 0 Å². The average Bonchev–Trinajstić information content (AvgIpc) is 2.74. The number of carboxylic acid groups (broad SMARTS) is 1. The summed E-state index contributed by atoms with van der Waals surface area (Å²) in [5.41, 5.74) is 0.139. The van der Waals surface area contributed by atoms with E-state index in [-0.39, 0.29) is 35.0 Å². The number of aromatic nitrogens is 1. The van der Waals surface area contributed by atoms with Crippen molar-refractivity contribution in [3.8, 4) is 0 Å². The monoisotopic (exact) mass is 413 g/mol. The molecule has 1 aromatic heterocycles. The molecule has 1 atom stereocenters. The van der Waals surface area contributed by atoms with Crippen molar-refractivity contribution in [2.45, 2.75) is 10.3 Å². The summed E-state index contributed by atoms with van der Waals surface area (Å²) in [7, 11) is -3.89. The number of carbonyl (C=O) groups is 1. The summed E-state index contributed by atoms with van der Waals surface area (Å²) in [5.74, 6) is -1.12. The molecule has 0 spiro atoms. The Morgan fingerprint density at radius 2 is 1.93 bits per heavy atom. The molecule has 1 fully saturated rings. The van der Waals surface area contributed by atoms with Gasteiger partial charge in [-0.05, 0) is 18.2 Å². The van der Waals surface area contributed by atoms with Crippen LogP contribution in [-0.2, 0) is 14.6 Å². The molecule has 8 nitrogen and oxygen atoms in total. The molecular formula is C20H19N3O5S. The van der Waals surface area contributed by atoms with Crippen molar-refractivity contribution in [3.63, 3.8) is 0 Å². The molecular weight excluding hydrogens is 394 g/mol. The van der Waals surface area contributed by atoms with E-state index in [1.807, 2.05) is 0 Å². The Bertz CT molecular complexity index is 1170. The molecule has 0 saturated carbocycles. The van der Waals surface area contributed by atoms with Gasteiger partial charge in [0.1, 0.15) is 4.90 Å². The maximum atomic E-state index is 13.3. The van der Waals surface area contributed by atoms with Gasteiger partial charge in [0.25, 0.3) is 0 Å². The first-order valence-corrected chi connectivity index (χ1v) is 10.6. The fraction of sp³-hybridized carbons (Fsp3) is 0.200. The van der Waals surface area contributed by atoms with Crippen molar-refractivity contribution in [2.24, 2.45) is 0 Å². The first kappa shape index (κ1) is 19.3. The van der Waals surface area contributed by atoms with E-state index < -0.39 is 21.2 Å². The second-order valence-electron chi connectivity index (χ2n) is 6.54. The normalized spacial score (nSPS) is 17.2. The van der Waals surface area contributed by atoms with Crippen molar-refractivity contribution < 1.29 is 23.1 Å². The quantitative estimate of drug-likeness (QED) is 0.584. The van der Waals surface area contributed by atoms with Crippen LogP contribution < -0.4 is 10.6 Å². The molecule has 3 aromatic rings. The Kier molecular flexibility index (Phi) is 5.18. The predicted octanol–water partition coefficient (Wildman–Crippen LogP) is 2.40. The number of fused-ring (bicyclic) bond motifs is 1. The van der Waals surface area contributed by atoms with Gasteiger partial charge in [-0.25, -0.2) is 13.2 Å². The highest BCUT2D eigenvalue weighted by molar-refractivity contribution is 7.92. The van der Waals surface area contributed by atoms with Gasteiger partial charge in [-0.2, -0.15) is 0 Å². The largest absolute Gasteiger partial charge is 0.478 e. The lowest BCUT2D eigenvalue weighted by Crippen LogP contribution is -2.43. The van der Waals surface area contributed by atoms with Gasteiger partial charge in [0.2, 0.25) is 9.84 Å². The van der Waals surface area contributed by atoms with Gasteiger partial charge in [-0.3, -0.25) is 4.98 Å². The molecule has 0 bridgehead atoms. The van der Waals surface area contributed by atoms with Crippen LogP contribution in [0, 0.1) is 0 Å². The summed E-state index contributed by atoms with van der Waals surface area (Å²) >= 11 is 0. The number of morpholine rings is 1. The molecule has 3 N–H and O–H groups in total. The summed E-state index contributed by atoms with van der Waals surface area (Å²) in [6, 6.07) is 13.4. The van der Waals surface area contributed by atoms with Gasteiger partial charge in [-0.15, -0.1) is 0 Å². The van der Waals surface area contributed by atoms with Crippen LogP contribution in [0.1, 0.15) is 10.4 Å². The van der Waals surface area contributed by atoms with Crippen molar-refractivity contribution in [1.29, 1.82) is 0 Å². The van der Waals surface area contributed by atoms with Crippen LogP contribution in [0.2, 0.25) is 0 Å². The molecule has 2 heterocycles. The molecule has 0 aliphatic carbocycles. The second-order valence-corrected chi connectivity index (χ2v) is 8.60. The molecule has 0 amide bonds. The van der Waals surface area contributed by atoms with E-state index >= 15 is 0 Å². The van der Waals surface area contributed by atoms with Gasteiger partial charge in [-0.1, -0.05) is 30.3 Å². The number of para-hydroxylation sites is 2. The SMILES string of the molecule is O=C(O)c1ccccc1Nc1c(S(=O)(=O)C2CNCCO2)cnc2ccccc12. The minimum absolute atomic E-state index is 0.0346. The first-order valence-electron chi connectivity index (χ1n) is 9.02. The lowest BCUT2D eigenvalue weighted by atomic mass is 10.1. The molecule has 29 heavy (non-hydrogen) atoms. The van der Waals surface area contributed by atoms with E-state index in [2.05, 4.69) is 15.6 Å². The van der Waals surface area contributed by atoms with Gasteiger partial charge >= 0.3 is 5.97 Å². The predicted molar refractivity (Wildman–Crippen MR) is 108 cm³/mol. The number of nitrogens with one attached hydrogen (secondary N) is 2. The zero-order chi connectivity index (χ0) is 20.4. The van der Waals surface area contributed by atoms with Crippen molar-refractivity contribution in [1.82, 2.24) is 10.3 Å². The second kappa shape index (κ2) is 7.78. The Morgan fingerprint density at radius 3 is 2.69 bits per heavy atom. The number of pyridine rings is 1. The number of ether oxygens (including phenoxy) is 1. The third kappa shape index (κ3) is 3.67. The van der Waals surface area contributed by atoms with Crippen LogP contribution in [0.4, 0.5) is 11.4 Å².